The number of unbranched alkanes of at least 4 members (excludes halogenated alkanes) is 3. The molecule has 0 aliphatic carbocycles. The molecular weight excluding hydrogens is 986 g/mol. The maximum absolute atomic E-state index is 12.8. The molecule has 2 aliphatic rings. The standard InChI is InChI=1S/C45H62ClN11O10S3/c1-44(2)38-29-34(46)32-55(24-14-28-69(62,63)64)43(38)51-40(44)15-6-4-7-16-41-45(3,20-9-11-27-68(59,60)61)37-30-36(70(65,66)67)18-19-39(37)57(41)26-10-5-8-17-42(58)49-22-13-25-56-33-35(52-54-56)31-48-21-12-23-50-53-47/h4,6-7,15-16,18-19,29-30,32-33,48H,5,8-14,17,20-28,31H2,1-3H3,(H3-,49,58,59,60,61,62,63,64,65,66,67). The minimum absolute atomic E-state index is 0.0722. The van der Waals surface area contributed by atoms with E-state index in [1.807, 2.05) is 63.4 Å². The number of carbonyl (C=O) groups excluding carboxylic acids is 1. The molecule has 3 aromatic rings. The van der Waals surface area contributed by atoms with Crippen LogP contribution in [-0.4, -0.2) is 103 Å². The molecular formula is C45H62ClN11O10S3. The fraction of sp³-hybridized carbons (Fsp3) is 0.533. The van der Waals surface area contributed by atoms with E-state index in [2.05, 4.69) is 35.9 Å². The Morgan fingerprint density at radius 2 is 1.73 bits per heavy atom. The molecule has 1 amide bonds. The Morgan fingerprint density at radius 3 is 2.46 bits per heavy atom. The summed E-state index contributed by atoms with van der Waals surface area (Å²) in [6, 6.07) is 6.25. The Morgan fingerprint density at radius 1 is 0.943 bits per heavy atom. The van der Waals surface area contributed by atoms with Gasteiger partial charge in [-0.1, -0.05) is 53.0 Å². The fourth-order valence-electron chi connectivity index (χ4n) is 8.58. The fourth-order valence-corrected chi connectivity index (χ4v) is 10.4. The molecule has 21 nitrogen and oxygen atoms in total. The predicted molar refractivity (Wildman–Crippen MR) is 265 cm³/mol. The number of azide groups is 1. The average Bonchev–Trinajstić information content (AvgIpc) is 3.90. The van der Waals surface area contributed by atoms with Crippen molar-refractivity contribution in [3.05, 3.63) is 105 Å². The lowest BCUT2D eigenvalue weighted by Crippen LogP contribution is -2.36. The number of hydrogen-bond acceptors (Lipinski definition) is 14. The molecule has 0 radical (unpaired) electrons. The summed E-state index contributed by atoms with van der Waals surface area (Å²) in [6.45, 7) is 9.33. The molecule has 2 aromatic heterocycles. The first-order chi connectivity index (χ1) is 33.0. The number of rotatable bonds is 29. The van der Waals surface area contributed by atoms with Crippen molar-refractivity contribution in [3.63, 3.8) is 0 Å². The highest BCUT2D eigenvalue weighted by Crippen LogP contribution is 2.51. The first kappa shape index (κ1) is 55.9. The van der Waals surface area contributed by atoms with Gasteiger partial charge < -0.3 is 20.1 Å². The second-order valence-electron chi connectivity index (χ2n) is 18.0. The van der Waals surface area contributed by atoms with Gasteiger partial charge in [-0.05, 0) is 125 Å². The van der Waals surface area contributed by atoms with Crippen LogP contribution in [0.15, 0.2) is 87.7 Å². The Hall–Kier alpha value is -5.04. The van der Waals surface area contributed by atoms with Crippen LogP contribution in [0.3, 0.4) is 0 Å². The highest BCUT2D eigenvalue weighted by molar-refractivity contribution is 7.86. The number of aromatic nitrogens is 4. The second kappa shape index (κ2) is 24.9. The first-order valence-corrected chi connectivity index (χ1v) is 28.1. The van der Waals surface area contributed by atoms with Crippen molar-refractivity contribution in [1.82, 2.24) is 25.6 Å². The van der Waals surface area contributed by atoms with Gasteiger partial charge in [-0.2, -0.15) is 16.8 Å². The van der Waals surface area contributed by atoms with Crippen molar-refractivity contribution in [1.29, 1.82) is 0 Å². The number of hydrogen-bond donors (Lipinski definition) is 4. The Labute approximate surface area is 415 Å². The molecule has 70 heavy (non-hydrogen) atoms. The van der Waals surface area contributed by atoms with Crippen molar-refractivity contribution in [2.45, 2.75) is 120 Å². The second-order valence-corrected chi connectivity index (χ2v) is 22.9. The van der Waals surface area contributed by atoms with E-state index in [9.17, 15) is 43.7 Å². The lowest BCUT2D eigenvalue weighted by Gasteiger charge is -2.30. The summed E-state index contributed by atoms with van der Waals surface area (Å²) in [6.07, 6.45) is 17.4. The van der Waals surface area contributed by atoms with Gasteiger partial charge in [0.1, 0.15) is 6.20 Å². The lowest BCUT2D eigenvalue weighted by molar-refractivity contribution is -0.684. The molecule has 0 bridgehead atoms. The first-order valence-electron chi connectivity index (χ1n) is 23.1. The van der Waals surface area contributed by atoms with Crippen molar-refractivity contribution >= 4 is 65.1 Å². The van der Waals surface area contributed by atoms with Crippen LogP contribution < -0.4 is 20.1 Å². The minimum Gasteiger partial charge on any atom is -0.748 e. The third-order valence-corrected chi connectivity index (χ3v) is 14.9. The van der Waals surface area contributed by atoms with Crippen molar-refractivity contribution < 1.29 is 48.3 Å². The van der Waals surface area contributed by atoms with Gasteiger partial charge in [0.15, 0.2) is 5.71 Å². The number of nitrogens with zero attached hydrogens (tertiary/aromatic N) is 9. The molecule has 0 saturated carbocycles. The van der Waals surface area contributed by atoms with Crippen molar-refractivity contribution in [2.24, 2.45) is 10.1 Å². The summed E-state index contributed by atoms with van der Waals surface area (Å²) in [5.74, 6) is -0.426. The van der Waals surface area contributed by atoms with Gasteiger partial charge in [0.25, 0.3) is 20.2 Å². The van der Waals surface area contributed by atoms with Crippen LogP contribution >= 0.6 is 11.6 Å². The van der Waals surface area contributed by atoms with Crippen LogP contribution in [0.1, 0.15) is 102 Å². The van der Waals surface area contributed by atoms with E-state index < -0.39 is 52.7 Å². The number of allylic oxidation sites excluding steroid dienone is 6. The molecule has 4 N–H and O–H groups in total. The van der Waals surface area contributed by atoms with Crippen LogP contribution in [0.25, 0.3) is 10.4 Å². The molecule has 0 fully saturated rings. The zero-order valence-corrected chi connectivity index (χ0v) is 42.8. The molecule has 25 heteroatoms. The van der Waals surface area contributed by atoms with Gasteiger partial charge in [-0.15, -0.1) is 5.10 Å². The number of halogens is 1. The number of nitrogens with one attached hydrogen (secondary N) is 2. The topological polar surface area (TPSA) is 306 Å². The summed E-state index contributed by atoms with van der Waals surface area (Å²) in [7, 11) is -13.2. The summed E-state index contributed by atoms with van der Waals surface area (Å²) in [5.41, 5.74) is 11.4. The molecule has 1 unspecified atom stereocenters. The molecule has 0 saturated heterocycles. The Kier molecular flexibility index (Phi) is 19.9. The summed E-state index contributed by atoms with van der Waals surface area (Å²) < 4.78 is 105. The van der Waals surface area contributed by atoms with E-state index in [-0.39, 0.29) is 30.2 Å². The average molecular weight is 1050 g/mol. The zero-order chi connectivity index (χ0) is 51.2. The van der Waals surface area contributed by atoms with Crippen LogP contribution in [0.2, 0.25) is 5.02 Å². The molecule has 2 aliphatic heterocycles. The lowest BCUT2D eigenvalue weighted by atomic mass is 9.77. The number of benzene rings is 1. The van der Waals surface area contributed by atoms with Gasteiger partial charge in [0.05, 0.1) is 49.0 Å². The van der Waals surface area contributed by atoms with Crippen LogP contribution in [0.5, 0.6) is 0 Å². The van der Waals surface area contributed by atoms with Gasteiger partial charge in [0.2, 0.25) is 5.91 Å². The SMILES string of the molecule is CC1(C)C(/C=C/C=C/C=C2/N(CCCCCC(=O)NCCCn3cc(CNCCCN=[N+]=[N-])nn3)c3ccc(S(=O)(=O)O)cc3C2(C)CCCCS(=O)(=O)O)=Nc2c1cc(Cl)c[n+]2CCCS(=O)(=O)[O-]. The van der Waals surface area contributed by atoms with E-state index in [4.69, 9.17) is 22.1 Å². The molecule has 0 spiro atoms. The summed E-state index contributed by atoms with van der Waals surface area (Å²) >= 11 is 6.46. The monoisotopic (exact) mass is 1050 g/mol. The van der Waals surface area contributed by atoms with Crippen LogP contribution in [-0.2, 0) is 65.6 Å². The predicted octanol–water partition coefficient (Wildman–Crippen LogP) is 6.15. The number of fused-ring (bicyclic) bond motifs is 2. The third kappa shape index (κ3) is 16.2. The molecule has 1 atom stereocenters. The largest absolute Gasteiger partial charge is 0.748 e. The highest BCUT2D eigenvalue weighted by atomic mass is 35.5. The molecule has 5 rings (SSSR count). The minimum atomic E-state index is -4.58. The maximum atomic E-state index is 12.8. The smallest absolute Gasteiger partial charge is 0.327 e. The van der Waals surface area contributed by atoms with Gasteiger partial charge in [-0.25, -0.2) is 13.0 Å². The van der Waals surface area contributed by atoms with E-state index in [1.165, 1.54) is 12.1 Å². The van der Waals surface area contributed by atoms with Crippen molar-refractivity contribution in [2.75, 3.05) is 42.6 Å². The van der Waals surface area contributed by atoms with Gasteiger partial charge >= 0.3 is 5.82 Å². The number of aliphatic imine (C=N–C) groups is 1. The normalized spacial score (nSPS) is 17.3. The maximum Gasteiger partial charge on any atom is 0.327 e. The molecule has 4 heterocycles. The summed E-state index contributed by atoms with van der Waals surface area (Å²) in [5, 5.41) is 18.4. The van der Waals surface area contributed by atoms with E-state index in [1.54, 1.807) is 21.5 Å². The number of aryl methyl sites for hydroxylation is 2. The van der Waals surface area contributed by atoms with Gasteiger partial charge in [0, 0.05) is 72.8 Å². The number of carbonyl (C=O) groups is 1. The van der Waals surface area contributed by atoms with Crippen LogP contribution in [0.4, 0.5) is 11.5 Å². The molecule has 1 aromatic carbocycles. The quantitative estimate of drug-likeness (QED) is 0.0115. The van der Waals surface area contributed by atoms with E-state index >= 15 is 0 Å². The Bertz CT molecular complexity index is 2860. The van der Waals surface area contributed by atoms with Gasteiger partial charge in [-0.3, -0.25) is 18.6 Å². The Balaban J connectivity index is 1.26. The van der Waals surface area contributed by atoms with Crippen LogP contribution in [0, 0.1) is 0 Å². The number of anilines is 1. The van der Waals surface area contributed by atoms with E-state index in [0.717, 1.165) is 29.1 Å². The number of amides is 1. The van der Waals surface area contributed by atoms with Crippen molar-refractivity contribution in [3.8, 4) is 0 Å². The third-order valence-electron chi connectivity index (χ3n) is 12.2. The highest BCUT2D eigenvalue weighted by Gasteiger charge is 2.44. The van der Waals surface area contributed by atoms with E-state index in [0.29, 0.717) is 106 Å². The molecule has 382 valence electrons. The zero-order valence-electron chi connectivity index (χ0n) is 39.6. The summed E-state index contributed by atoms with van der Waals surface area (Å²) in [4.78, 5) is 22.2. The number of pyridine rings is 1.